The van der Waals surface area contributed by atoms with Gasteiger partial charge in [0, 0.05) is 16.8 Å². The van der Waals surface area contributed by atoms with E-state index in [2.05, 4.69) is 10.5 Å². The van der Waals surface area contributed by atoms with Crippen LogP contribution >= 0.6 is 0 Å². The Morgan fingerprint density at radius 3 is 2.48 bits per heavy atom. The summed E-state index contributed by atoms with van der Waals surface area (Å²) in [5, 5.41) is 6.61. The maximum absolute atomic E-state index is 13.5. The van der Waals surface area contributed by atoms with Crippen molar-refractivity contribution in [1.29, 1.82) is 0 Å². The summed E-state index contributed by atoms with van der Waals surface area (Å²) >= 11 is 0. The monoisotopic (exact) mass is 338 g/mol. The van der Waals surface area contributed by atoms with Crippen LogP contribution in [0, 0.1) is 12.7 Å². The smallest absolute Gasteiger partial charge is 0.261 e. The number of benzene rings is 2. The Morgan fingerprint density at radius 2 is 1.84 bits per heavy atom. The number of aromatic nitrogens is 1. The highest BCUT2D eigenvalue weighted by molar-refractivity contribution is 6.09. The van der Waals surface area contributed by atoms with Crippen LogP contribution in [0.5, 0.6) is 0 Å². The molecule has 0 fully saturated rings. The van der Waals surface area contributed by atoms with Gasteiger partial charge in [-0.15, -0.1) is 0 Å². The van der Waals surface area contributed by atoms with Crippen molar-refractivity contribution < 1.29 is 18.5 Å². The molecule has 5 nitrogen and oxygen atoms in total. The third-order valence-corrected chi connectivity index (χ3v) is 3.74. The van der Waals surface area contributed by atoms with Gasteiger partial charge in [0.1, 0.15) is 22.8 Å². The van der Waals surface area contributed by atoms with E-state index in [1.807, 2.05) is 0 Å². The fourth-order valence-corrected chi connectivity index (χ4v) is 2.45. The van der Waals surface area contributed by atoms with Gasteiger partial charge < -0.3 is 9.84 Å². The molecule has 0 spiro atoms. The van der Waals surface area contributed by atoms with E-state index in [1.54, 1.807) is 37.3 Å². The summed E-state index contributed by atoms with van der Waals surface area (Å²) < 4.78 is 18.6. The zero-order valence-electron chi connectivity index (χ0n) is 13.7. The van der Waals surface area contributed by atoms with Crippen LogP contribution in [0.1, 0.15) is 33.4 Å². The van der Waals surface area contributed by atoms with Crippen molar-refractivity contribution in [3.8, 4) is 11.3 Å². The number of ketones is 1. The van der Waals surface area contributed by atoms with E-state index >= 15 is 0 Å². The minimum Gasteiger partial charge on any atom is -0.360 e. The highest BCUT2D eigenvalue weighted by atomic mass is 19.1. The summed E-state index contributed by atoms with van der Waals surface area (Å²) in [4.78, 5) is 23.9. The molecule has 0 atom stereocenters. The Kier molecular flexibility index (Phi) is 4.43. The average molecular weight is 338 g/mol. The van der Waals surface area contributed by atoms with Gasteiger partial charge in [0.05, 0.1) is 0 Å². The molecule has 126 valence electrons. The van der Waals surface area contributed by atoms with Crippen molar-refractivity contribution in [1.82, 2.24) is 5.16 Å². The van der Waals surface area contributed by atoms with E-state index in [0.717, 1.165) is 0 Å². The molecule has 1 heterocycles. The Hall–Kier alpha value is -3.28. The minimum atomic E-state index is -0.427. The number of hydrogen-bond acceptors (Lipinski definition) is 4. The third kappa shape index (κ3) is 3.47. The van der Waals surface area contributed by atoms with E-state index in [4.69, 9.17) is 4.52 Å². The van der Waals surface area contributed by atoms with Crippen LogP contribution in [-0.2, 0) is 0 Å². The number of halogens is 1. The van der Waals surface area contributed by atoms with Gasteiger partial charge in [0.15, 0.2) is 5.78 Å². The molecule has 0 aliphatic heterocycles. The zero-order chi connectivity index (χ0) is 18.0. The average Bonchev–Trinajstić information content (AvgIpc) is 2.97. The Labute approximate surface area is 143 Å². The first kappa shape index (κ1) is 16.6. The van der Waals surface area contributed by atoms with Crippen LogP contribution in [-0.4, -0.2) is 16.8 Å². The fraction of sp³-hybridized carbons (Fsp3) is 0.105. The van der Waals surface area contributed by atoms with Gasteiger partial charge in [0.25, 0.3) is 5.91 Å². The van der Waals surface area contributed by atoms with E-state index in [-0.39, 0.29) is 17.0 Å². The van der Waals surface area contributed by atoms with Crippen molar-refractivity contribution in [2.45, 2.75) is 13.8 Å². The molecule has 2 aromatic carbocycles. The van der Waals surface area contributed by atoms with Crippen molar-refractivity contribution in [3.05, 3.63) is 71.2 Å². The van der Waals surface area contributed by atoms with Crippen molar-refractivity contribution in [3.63, 3.8) is 0 Å². The second kappa shape index (κ2) is 6.68. The molecular weight excluding hydrogens is 323 g/mol. The largest absolute Gasteiger partial charge is 0.360 e. The second-order valence-electron chi connectivity index (χ2n) is 5.56. The number of nitrogens with zero attached hydrogens (tertiary/aromatic N) is 1. The molecule has 0 radical (unpaired) electrons. The van der Waals surface area contributed by atoms with Gasteiger partial charge in [-0.1, -0.05) is 17.3 Å². The molecule has 1 amide bonds. The molecule has 3 aromatic rings. The number of carbonyl (C=O) groups is 2. The number of hydrogen-bond donors (Lipinski definition) is 1. The van der Waals surface area contributed by atoms with Crippen LogP contribution in [0.2, 0.25) is 0 Å². The van der Waals surface area contributed by atoms with E-state index < -0.39 is 11.7 Å². The molecule has 0 saturated carbocycles. The maximum atomic E-state index is 13.5. The fourth-order valence-electron chi connectivity index (χ4n) is 2.45. The SMILES string of the molecule is CC(=O)c1ccc(NC(=O)c2c(-c3cccc(F)c3)noc2C)cc1. The molecule has 0 bridgehead atoms. The number of Topliss-reactive ketones (excluding diaryl/α,β-unsaturated/α-hetero) is 1. The predicted octanol–water partition coefficient (Wildman–Crippen LogP) is 4.24. The van der Waals surface area contributed by atoms with E-state index in [9.17, 15) is 14.0 Å². The molecule has 0 unspecified atom stereocenters. The van der Waals surface area contributed by atoms with Crippen molar-refractivity contribution in [2.75, 3.05) is 5.32 Å². The van der Waals surface area contributed by atoms with Crippen LogP contribution in [0.15, 0.2) is 53.1 Å². The summed E-state index contributed by atoms with van der Waals surface area (Å²) in [5.41, 5.74) is 2.05. The first-order valence-electron chi connectivity index (χ1n) is 7.60. The van der Waals surface area contributed by atoms with Gasteiger partial charge in [0.2, 0.25) is 0 Å². The summed E-state index contributed by atoms with van der Waals surface area (Å²) in [6.07, 6.45) is 0. The molecular formula is C19H15FN2O3. The standard InChI is InChI=1S/C19H15FN2O3/c1-11(23)13-6-8-16(9-7-13)21-19(24)17-12(2)25-22-18(17)14-4-3-5-15(20)10-14/h3-10H,1-2H3,(H,21,24). The first-order valence-corrected chi connectivity index (χ1v) is 7.60. The van der Waals surface area contributed by atoms with E-state index in [1.165, 1.54) is 25.1 Å². The lowest BCUT2D eigenvalue weighted by Gasteiger charge is -2.06. The van der Waals surface area contributed by atoms with Gasteiger partial charge in [-0.2, -0.15) is 0 Å². The summed E-state index contributed by atoms with van der Waals surface area (Å²) in [6, 6.07) is 12.3. The van der Waals surface area contributed by atoms with Crippen molar-refractivity contribution in [2.24, 2.45) is 0 Å². The lowest BCUT2D eigenvalue weighted by molar-refractivity contribution is 0.101. The lowest BCUT2D eigenvalue weighted by atomic mass is 10.1. The van der Waals surface area contributed by atoms with Crippen LogP contribution in [0.25, 0.3) is 11.3 Å². The summed E-state index contributed by atoms with van der Waals surface area (Å²) in [5.74, 6) is -0.573. The van der Waals surface area contributed by atoms with Gasteiger partial charge in [-0.3, -0.25) is 9.59 Å². The highest BCUT2D eigenvalue weighted by Gasteiger charge is 2.22. The summed E-state index contributed by atoms with van der Waals surface area (Å²) in [7, 11) is 0. The Bertz CT molecular complexity index is 946. The van der Waals surface area contributed by atoms with Crippen molar-refractivity contribution >= 4 is 17.4 Å². The molecule has 1 N–H and O–H groups in total. The van der Waals surface area contributed by atoms with Gasteiger partial charge in [-0.05, 0) is 50.2 Å². The molecule has 0 aliphatic carbocycles. The molecule has 0 saturated heterocycles. The Morgan fingerprint density at radius 1 is 1.12 bits per heavy atom. The number of amides is 1. The maximum Gasteiger partial charge on any atom is 0.261 e. The Balaban J connectivity index is 1.90. The molecule has 6 heteroatoms. The van der Waals surface area contributed by atoms with Crippen LogP contribution in [0.3, 0.4) is 0 Å². The second-order valence-corrected chi connectivity index (χ2v) is 5.56. The van der Waals surface area contributed by atoms with E-state index in [0.29, 0.717) is 22.6 Å². The minimum absolute atomic E-state index is 0.0545. The third-order valence-electron chi connectivity index (χ3n) is 3.74. The van der Waals surface area contributed by atoms with Crippen LogP contribution in [0.4, 0.5) is 10.1 Å². The number of carbonyl (C=O) groups excluding carboxylic acids is 2. The van der Waals surface area contributed by atoms with Gasteiger partial charge in [-0.25, -0.2) is 4.39 Å². The molecule has 1 aromatic heterocycles. The number of nitrogens with one attached hydrogen (secondary N) is 1. The van der Waals surface area contributed by atoms with Gasteiger partial charge >= 0.3 is 0 Å². The predicted molar refractivity (Wildman–Crippen MR) is 91.0 cm³/mol. The molecule has 0 aliphatic rings. The molecule has 25 heavy (non-hydrogen) atoms. The number of aryl methyl sites for hydroxylation is 1. The zero-order valence-corrected chi connectivity index (χ0v) is 13.7. The highest BCUT2D eigenvalue weighted by Crippen LogP contribution is 2.26. The van der Waals surface area contributed by atoms with Crippen LogP contribution < -0.4 is 5.32 Å². The quantitative estimate of drug-likeness (QED) is 0.722. The molecule has 3 rings (SSSR count). The lowest BCUT2D eigenvalue weighted by Crippen LogP contribution is -2.13. The topological polar surface area (TPSA) is 72.2 Å². The normalized spacial score (nSPS) is 10.5. The number of rotatable bonds is 4. The summed E-state index contributed by atoms with van der Waals surface area (Å²) in [6.45, 7) is 3.09. The first-order chi connectivity index (χ1) is 12.0. The number of anilines is 1.